The zero-order valence-electron chi connectivity index (χ0n) is 18.3. The highest BCUT2D eigenvalue weighted by atomic mass is 35.5. The molecule has 2 amide bonds. The van der Waals surface area contributed by atoms with Crippen molar-refractivity contribution in [2.75, 3.05) is 36.4 Å². The first-order valence-corrected chi connectivity index (χ1v) is 11.8. The van der Waals surface area contributed by atoms with Crippen molar-refractivity contribution in [2.45, 2.75) is 32.6 Å². The molecule has 0 radical (unpaired) electrons. The first kappa shape index (κ1) is 24.0. The normalized spacial score (nSPS) is 13.6. The van der Waals surface area contributed by atoms with E-state index in [0.717, 1.165) is 43.7 Å². The summed E-state index contributed by atoms with van der Waals surface area (Å²) in [5.41, 5.74) is 2.57. The second-order valence-corrected chi connectivity index (χ2v) is 8.64. The molecule has 3 rings (SSSR count). The smallest absolute Gasteiger partial charge is 0.253 e. The van der Waals surface area contributed by atoms with Crippen LogP contribution in [0.1, 0.15) is 43.0 Å². The molecule has 1 aliphatic rings. The average Bonchev–Trinajstić information content (AvgIpc) is 2.80. The molecule has 32 heavy (non-hydrogen) atoms. The first-order chi connectivity index (χ1) is 15.5. The maximum absolute atomic E-state index is 12.7. The van der Waals surface area contributed by atoms with E-state index in [2.05, 4.69) is 22.5 Å². The fourth-order valence-corrected chi connectivity index (χ4v) is 3.94. The highest BCUT2D eigenvalue weighted by Crippen LogP contribution is 2.20. The number of benzene rings is 2. The molecule has 2 N–H and O–H groups in total. The number of amides is 2. The van der Waals surface area contributed by atoms with Gasteiger partial charge < -0.3 is 20.4 Å². The predicted molar refractivity (Wildman–Crippen MR) is 135 cm³/mol. The van der Waals surface area contributed by atoms with E-state index in [1.165, 1.54) is 0 Å². The minimum absolute atomic E-state index is 0.0334. The molecule has 6 nitrogen and oxygen atoms in total. The van der Waals surface area contributed by atoms with Crippen molar-refractivity contribution >= 4 is 52.1 Å². The second kappa shape index (κ2) is 11.8. The molecule has 2 aromatic carbocycles. The topological polar surface area (TPSA) is 64.7 Å². The summed E-state index contributed by atoms with van der Waals surface area (Å²) in [6.45, 7) is 4.95. The van der Waals surface area contributed by atoms with Crippen LogP contribution < -0.4 is 15.5 Å². The highest BCUT2D eigenvalue weighted by Gasteiger charge is 2.22. The van der Waals surface area contributed by atoms with Gasteiger partial charge in [0, 0.05) is 54.6 Å². The third kappa shape index (κ3) is 6.93. The Bertz CT molecular complexity index is 926. The van der Waals surface area contributed by atoms with E-state index in [-0.39, 0.29) is 11.8 Å². The van der Waals surface area contributed by atoms with Crippen LogP contribution >= 0.6 is 23.8 Å². The number of carbonyl (C=O) groups excluding carboxylic acids is 2. The molecule has 1 heterocycles. The predicted octanol–water partition coefficient (Wildman–Crippen LogP) is 4.70. The average molecular weight is 473 g/mol. The number of unbranched alkanes of at least 4 members (excludes halogenated alkanes) is 2. The van der Waals surface area contributed by atoms with E-state index in [1.54, 1.807) is 24.3 Å². The lowest BCUT2D eigenvalue weighted by Crippen LogP contribution is -2.48. The minimum Gasteiger partial charge on any atom is -0.368 e. The van der Waals surface area contributed by atoms with Gasteiger partial charge in [-0.2, -0.15) is 0 Å². The summed E-state index contributed by atoms with van der Waals surface area (Å²) in [5, 5.41) is 6.72. The lowest BCUT2D eigenvalue weighted by atomic mass is 10.1. The van der Waals surface area contributed by atoms with Crippen LogP contribution in [0, 0.1) is 0 Å². The van der Waals surface area contributed by atoms with Crippen molar-refractivity contribution < 1.29 is 9.59 Å². The zero-order chi connectivity index (χ0) is 22.9. The molecule has 0 saturated carbocycles. The summed E-state index contributed by atoms with van der Waals surface area (Å²) < 4.78 is 0. The third-order valence-corrected chi connectivity index (χ3v) is 5.86. The Labute approximate surface area is 199 Å². The van der Waals surface area contributed by atoms with Crippen molar-refractivity contribution in [3.63, 3.8) is 0 Å². The molecule has 170 valence electrons. The van der Waals surface area contributed by atoms with Gasteiger partial charge in [-0.25, -0.2) is 0 Å². The van der Waals surface area contributed by atoms with Gasteiger partial charge in [0.2, 0.25) is 5.91 Å². The van der Waals surface area contributed by atoms with Gasteiger partial charge in [0.15, 0.2) is 5.11 Å². The standard InChI is InChI=1S/C24H29ClN4O2S/c1-2-3-4-5-22(30)27-24(32)26-20-10-12-21(13-11-20)28-14-16-29(17-15-28)23(31)18-6-8-19(25)9-7-18/h6-13H,2-5,14-17H2,1H3,(H2,26,27,30,32). The zero-order valence-corrected chi connectivity index (χ0v) is 19.8. The lowest BCUT2D eigenvalue weighted by molar-refractivity contribution is -0.119. The van der Waals surface area contributed by atoms with Gasteiger partial charge in [-0.1, -0.05) is 31.4 Å². The Balaban J connectivity index is 1.46. The van der Waals surface area contributed by atoms with E-state index < -0.39 is 0 Å². The molecular formula is C24H29ClN4O2S. The van der Waals surface area contributed by atoms with Crippen LogP contribution in [0.5, 0.6) is 0 Å². The monoisotopic (exact) mass is 472 g/mol. The molecule has 0 atom stereocenters. The van der Waals surface area contributed by atoms with Crippen LogP contribution in [0.3, 0.4) is 0 Å². The Morgan fingerprint density at radius 3 is 2.25 bits per heavy atom. The molecule has 0 aromatic heterocycles. The third-order valence-electron chi connectivity index (χ3n) is 5.41. The second-order valence-electron chi connectivity index (χ2n) is 7.79. The molecule has 0 bridgehead atoms. The number of rotatable bonds is 7. The molecule has 0 unspecified atom stereocenters. The number of nitrogens with one attached hydrogen (secondary N) is 2. The number of thiocarbonyl (C=S) groups is 1. The number of hydrogen-bond donors (Lipinski definition) is 2. The van der Waals surface area contributed by atoms with E-state index >= 15 is 0 Å². The molecule has 8 heteroatoms. The Hall–Kier alpha value is -2.64. The summed E-state index contributed by atoms with van der Waals surface area (Å²) in [4.78, 5) is 28.7. The largest absolute Gasteiger partial charge is 0.368 e. The number of carbonyl (C=O) groups is 2. The molecule has 2 aromatic rings. The minimum atomic E-state index is -0.0569. The van der Waals surface area contributed by atoms with Crippen LogP contribution in [-0.2, 0) is 4.79 Å². The van der Waals surface area contributed by atoms with Crippen LogP contribution in [0.25, 0.3) is 0 Å². The van der Waals surface area contributed by atoms with Crippen LogP contribution in [-0.4, -0.2) is 48.0 Å². The fourth-order valence-electron chi connectivity index (χ4n) is 3.59. The summed E-state index contributed by atoms with van der Waals surface area (Å²) in [5.74, 6) is -0.0234. The van der Waals surface area contributed by atoms with Crippen LogP contribution in [0.4, 0.5) is 11.4 Å². The number of nitrogens with zero attached hydrogens (tertiary/aromatic N) is 2. The quantitative estimate of drug-likeness (QED) is 0.452. The number of piperazine rings is 1. The van der Waals surface area contributed by atoms with Crippen molar-refractivity contribution in [1.82, 2.24) is 10.2 Å². The summed E-state index contributed by atoms with van der Waals surface area (Å²) in [6.07, 6.45) is 3.48. The van der Waals surface area contributed by atoms with Gasteiger partial charge in [0.25, 0.3) is 5.91 Å². The first-order valence-electron chi connectivity index (χ1n) is 11.0. The highest BCUT2D eigenvalue weighted by molar-refractivity contribution is 7.80. The van der Waals surface area contributed by atoms with Gasteiger partial charge in [-0.15, -0.1) is 0 Å². The Morgan fingerprint density at radius 2 is 1.62 bits per heavy atom. The SMILES string of the molecule is CCCCCC(=O)NC(=S)Nc1ccc(N2CCN(C(=O)c3ccc(Cl)cc3)CC2)cc1. The van der Waals surface area contributed by atoms with Gasteiger partial charge >= 0.3 is 0 Å². The number of anilines is 2. The van der Waals surface area contributed by atoms with E-state index in [0.29, 0.717) is 35.2 Å². The van der Waals surface area contributed by atoms with E-state index in [9.17, 15) is 9.59 Å². The van der Waals surface area contributed by atoms with Crippen LogP contribution in [0.15, 0.2) is 48.5 Å². The fraction of sp³-hybridized carbons (Fsp3) is 0.375. The molecule has 0 aliphatic carbocycles. The van der Waals surface area contributed by atoms with Crippen molar-refractivity contribution in [3.8, 4) is 0 Å². The van der Waals surface area contributed by atoms with E-state index in [1.807, 2.05) is 29.2 Å². The molecule has 1 fully saturated rings. The lowest BCUT2D eigenvalue weighted by Gasteiger charge is -2.36. The number of halogens is 1. The van der Waals surface area contributed by atoms with Gasteiger partial charge in [-0.3, -0.25) is 9.59 Å². The maximum atomic E-state index is 12.7. The van der Waals surface area contributed by atoms with Crippen molar-refractivity contribution in [3.05, 3.63) is 59.1 Å². The molecule has 1 saturated heterocycles. The van der Waals surface area contributed by atoms with Gasteiger partial charge in [0.05, 0.1) is 0 Å². The molecule has 0 spiro atoms. The maximum Gasteiger partial charge on any atom is 0.253 e. The molecular weight excluding hydrogens is 444 g/mol. The van der Waals surface area contributed by atoms with Gasteiger partial charge in [0.1, 0.15) is 0 Å². The van der Waals surface area contributed by atoms with Crippen molar-refractivity contribution in [2.24, 2.45) is 0 Å². The van der Waals surface area contributed by atoms with Crippen LogP contribution in [0.2, 0.25) is 5.02 Å². The Morgan fingerprint density at radius 1 is 0.969 bits per heavy atom. The van der Waals surface area contributed by atoms with Gasteiger partial charge in [-0.05, 0) is 67.2 Å². The summed E-state index contributed by atoms with van der Waals surface area (Å²) in [7, 11) is 0. The van der Waals surface area contributed by atoms with E-state index in [4.69, 9.17) is 23.8 Å². The number of hydrogen-bond acceptors (Lipinski definition) is 4. The molecule has 1 aliphatic heterocycles. The summed E-state index contributed by atoms with van der Waals surface area (Å²) >= 11 is 11.1. The van der Waals surface area contributed by atoms with Crippen molar-refractivity contribution in [1.29, 1.82) is 0 Å². The Kier molecular flexibility index (Phi) is 8.88. The summed E-state index contributed by atoms with van der Waals surface area (Å²) in [6, 6.07) is 14.9.